The van der Waals surface area contributed by atoms with Crippen molar-refractivity contribution < 1.29 is 0 Å². The summed E-state index contributed by atoms with van der Waals surface area (Å²) in [6.07, 6.45) is 5.75. The molecule has 0 bridgehead atoms. The quantitative estimate of drug-likeness (QED) is 0.167. The van der Waals surface area contributed by atoms with Gasteiger partial charge in [-0.3, -0.25) is 0 Å². The predicted octanol–water partition coefficient (Wildman–Crippen LogP) is 11.1. The summed E-state index contributed by atoms with van der Waals surface area (Å²) in [7, 11) is 0. The van der Waals surface area contributed by atoms with Crippen molar-refractivity contribution in [1.82, 2.24) is 0 Å². The smallest absolute Gasteiger partial charge is 0.252 e. The van der Waals surface area contributed by atoms with Gasteiger partial charge < -0.3 is 9.80 Å². The fraction of sp³-hybridized carbons (Fsp3) is 0.320. The van der Waals surface area contributed by atoms with Gasteiger partial charge in [0.05, 0.1) is 5.69 Å². The molecule has 2 nitrogen and oxygen atoms in total. The monoisotopic (exact) mass is 690 g/mol. The van der Waals surface area contributed by atoms with Crippen molar-refractivity contribution in [2.24, 2.45) is 5.41 Å². The number of benzene rings is 6. The van der Waals surface area contributed by atoms with Crippen LogP contribution >= 0.6 is 0 Å². The molecule has 0 N–H and O–H groups in total. The van der Waals surface area contributed by atoms with Crippen LogP contribution in [0.4, 0.5) is 34.1 Å². The standard InChI is InChI=1S/C50H51BN2/c1-48(2,3)34-22-24-38-44(27-34)52(40-18-11-16-33-29-50(7,8)30-37(33)40)42-19-12-20-43-47(42)51(38)39-25-23-35(49(4,5)6)28-45(39)53(43)41-26-21-32-14-9-13-31-15-10-17-36(41)46(31)32/h10-12,15-28H,9,13-14,29-30H2,1-8H3. The van der Waals surface area contributed by atoms with Crippen molar-refractivity contribution in [3.8, 4) is 0 Å². The summed E-state index contributed by atoms with van der Waals surface area (Å²) in [5.74, 6) is 0. The van der Waals surface area contributed by atoms with Gasteiger partial charge in [-0.15, -0.1) is 0 Å². The predicted molar refractivity (Wildman–Crippen MR) is 229 cm³/mol. The summed E-state index contributed by atoms with van der Waals surface area (Å²) in [6, 6.07) is 40.9. The van der Waals surface area contributed by atoms with E-state index in [1.807, 2.05) is 0 Å². The van der Waals surface area contributed by atoms with E-state index in [0.717, 1.165) is 25.7 Å². The van der Waals surface area contributed by atoms with Gasteiger partial charge in [0.2, 0.25) is 0 Å². The number of fused-ring (bicyclic) bond motifs is 5. The van der Waals surface area contributed by atoms with Crippen molar-refractivity contribution in [1.29, 1.82) is 0 Å². The Morgan fingerprint density at radius 1 is 0.528 bits per heavy atom. The maximum Gasteiger partial charge on any atom is 0.252 e. The third kappa shape index (κ3) is 4.92. The van der Waals surface area contributed by atoms with Crippen LogP contribution in [0.2, 0.25) is 0 Å². The van der Waals surface area contributed by atoms with Gasteiger partial charge >= 0.3 is 0 Å². The SMILES string of the molecule is CC1(C)Cc2cccc(N3c4cc(C(C)(C)C)ccc4B4c5ccc(C(C)(C)C)cc5N(c5ccc6c7c(cccc57)CCC6)c5cccc3c54)c2C1. The third-order valence-corrected chi connectivity index (χ3v) is 12.9. The highest BCUT2D eigenvalue weighted by atomic mass is 15.2. The van der Waals surface area contributed by atoms with Gasteiger partial charge in [-0.2, -0.15) is 0 Å². The van der Waals surface area contributed by atoms with E-state index >= 15 is 0 Å². The van der Waals surface area contributed by atoms with Crippen molar-refractivity contribution in [3.63, 3.8) is 0 Å². The third-order valence-electron chi connectivity index (χ3n) is 12.9. The molecule has 0 saturated carbocycles. The Morgan fingerprint density at radius 2 is 1.08 bits per heavy atom. The molecule has 0 aromatic heterocycles. The highest BCUT2D eigenvalue weighted by Crippen LogP contribution is 2.50. The molecule has 4 aliphatic rings. The second-order valence-corrected chi connectivity index (χ2v) is 19.2. The molecule has 0 saturated heterocycles. The summed E-state index contributed by atoms with van der Waals surface area (Å²) in [6.45, 7) is 19.1. The number of hydrogen-bond donors (Lipinski definition) is 0. The van der Waals surface area contributed by atoms with E-state index in [0.29, 0.717) is 0 Å². The zero-order valence-electron chi connectivity index (χ0n) is 32.8. The first-order valence-electron chi connectivity index (χ1n) is 19.9. The molecule has 264 valence electrons. The van der Waals surface area contributed by atoms with Crippen LogP contribution in [0, 0.1) is 5.41 Å². The largest absolute Gasteiger partial charge is 0.311 e. The molecule has 0 radical (unpaired) electrons. The average molecular weight is 691 g/mol. The van der Waals surface area contributed by atoms with Crippen molar-refractivity contribution in [2.75, 3.05) is 9.80 Å². The van der Waals surface area contributed by atoms with Crippen LogP contribution in [0.3, 0.4) is 0 Å². The Balaban J connectivity index is 1.30. The molecule has 53 heavy (non-hydrogen) atoms. The summed E-state index contributed by atoms with van der Waals surface area (Å²) in [4.78, 5) is 5.30. The van der Waals surface area contributed by atoms with Crippen LogP contribution in [0.15, 0.2) is 103 Å². The second-order valence-electron chi connectivity index (χ2n) is 19.2. The number of nitrogens with zero attached hydrogens (tertiary/aromatic N) is 2. The Morgan fingerprint density at radius 3 is 1.72 bits per heavy atom. The topological polar surface area (TPSA) is 6.48 Å². The van der Waals surface area contributed by atoms with E-state index in [1.54, 1.807) is 0 Å². The van der Waals surface area contributed by atoms with Crippen LogP contribution in [0.25, 0.3) is 10.8 Å². The molecule has 6 aromatic rings. The zero-order valence-corrected chi connectivity index (χ0v) is 32.8. The molecule has 0 atom stereocenters. The van der Waals surface area contributed by atoms with Crippen molar-refractivity contribution in [3.05, 3.63) is 137 Å². The van der Waals surface area contributed by atoms with Gasteiger partial charge in [-0.25, -0.2) is 0 Å². The minimum absolute atomic E-state index is 0.0209. The van der Waals surface area contributed by atoms with Crippen LogP contribution in [0.5, 0.6) is 0 Å². The molecule has 0 unspecified atom stereocenters. The zero-order chi connectivity index (χ0) is 36.6. The Hall–Kier alpha value is -4.76. The maximum atomic E-state index is 2.66. The van der Waals surface area contributed by atoms with Crippen molar-refractivity contribution >= 4 is 68.0 Å². The minimum Gasteiger partial charge on any atom is -0.311 e. The normalized spacial score (nSPS) is 16.7. The summed E-state index contributed by atoms with van der Waals surface area (Å²) >= 11 is 0. The van der Waals surface area contributed by atoms with Gasteiger partial charge in [0, 0.05) is 33.8 Å². The molecule has 6 aromatic carbocycles. The highest BCUT2D eigenvalue weighted by Gasteiger charge is 2.45. The lowest BCUT2D eigenvalue weighted by atomic mass is 9.33. The van der Waals surface area contributed by atoms with Gasteiger partial charge in [-0.05, 0) is 140 Å². The molecular formula is C50H51BN2. The Kier molecular flexibility index (Phi) is 6.91. The van der Waals surface area contributed by atoms with Crippen LogP contribution < -0.4 is 26.2 Å². The Labute approximate surface area is 316 Å². The first kappa shape index (κ1) is 32.9. The second kappa shape index (κ2) is 11.1. The van der Waals surface area contributed by atoms with Crippen LogP contribution in [-0.4, -0.2) is 6.71 Å². The van der Waals surface area contributed by atoms with E-state index < -0.39 is 0 Å². The number of hydrogen-bond acceptors (Lipinski definition) is 2. The summed E-state index contributed by atoms with van der Waals surface area (Å²) in [5.41, 5.74) is 21.1. The van der Waals surface area contributed by atoms with E-state index in [4.69, 9.17) is 0 Å². The van der Waals surface area contributed by atoms with E-state index in [2.05, 4.69) is 168 Å². The molecule has 0 spiro atoms. The molecule has 2 heterocycles. The Bertz CT molecular complexity index is 2500. The van der Waals surface area contributed by atoms with Gasteiger partial charge in [0.15, 0.2) is 0 Å². The van der Waals surface area contributed by atoms with E-state index in [-0.39, 0.29) is 23.0 Å². The fourth-order valence-electron chi connectivity index (χ4n) is 10.3. The molecule has 3 heteroatoms. The first-order valence-corrected chi connectivity index (χ1v) is 19.9. The van der Waals surface area contributed by atoms with Crippen LogP contribution in [-0.2, 0) is 36.5 Å². The average Bonchev–Trinajstić information content (AvgIpc) is 3.45. The lowest BCUT2D eigenvalue weighted by Crippen LogP contribution is -2.61. The lowest BCUT2D eigenvalue weighted by Gasteiger charge is -2.45. The number of rotatable bonds is 2. The minimum atomic E-state index is 0.0209. The highest BCUT2D eigenvalue weighted by molar-refractivity contribution is 7.00. The number of anilines is 6. The first-order chi connectivity index (χ1) is 25.3. The van der Waals surface area contributed by atoms with Crippen LogP contribution in [0.1, 0.15) is 95.2 Å². The van der Waals surface area contributed by atoms with Gasteiger partial charge in [-0.1, -0.05) is 122 Å². The molecule has 10 rings (SSSR count). The van der Waals surface area contributed by atoms with E-state index in [9.17, 15) is 0 Å². The number of aryl methyl sites for hydroxylation is 2. The molecular weight excluding hydrogens is 639 g/mol. The van der Waals surface area contributed by atoms with E-state index in [1.165, 1.54) is 101 Å². The molecule has 0 fully saturated rings. The summed E-state index contributed by atoms with van der Waals surface area (Å²) < 4.78 is 0. The molecule has 2 aliphatic heterocycles. The fourth-order valence-corrected chi connectivity index (χ4v) is 10.3. The van der Waals surface area contributed by atoms with Gasteiger partial charge in [0.1, 0.15) is 0 Å². The molecule has 2 aliphatic carbocycles. The van der Waals surface area contributed by atoms with Crippen molar-refractivity contribution in [2.45, 2.75) is 98.3 Å². The molecule has 0 amide bonds. The summed E-state index contributed by atoms with van der Waals surface area (Å²) in [5, 5.41) is 2.84. The lowest BCUT2D eigenvalue weighted by molar-refractivity contribution is 0.393. The van der Waals surface area contributed by atoms with Gasteiger partial charge in [0.25, 0.3) is 6.71 Å². The maximum absolute atomic E-state index is 2.66.